The Morgan fingerprint density at radius 2 is 2.26 bits per heavy atom. The highest BCUT2D eigenvalue weighted by Crippen LogP contribution is 2.41. The molecule has 0 spiro atoms. The number of anilines is 1. The number of hydrogen-bond donors (Lipinski definition) is 5. The minimum absolute atomic E-state index is 0.00493. The average molecular weight is 351 g/mol. The fourth-order valence-corrected chi connectivity index (χ4v) is 2.86. The molecular weight excluding hydrogens is 333 g/mol. The van der Waals surface area contributed by atoms with Gasteiger partial charge in [-0.3, -0.25) is 9.09 Å². The Kier molecular flexibility index (Phi) is 5.21. The van der Waals surface area contributed by atoms with Crippen molar-refractivity contribution in [3.63, 3.8) is 0 Å². The van der Waals surface area contributed by atoms with Crippen molar-refractivity contribution in [1.29, 1.82) is 0 Å². The molecule has 0 bridgehead atoms. The van der Waals surface area contributed by atoms with Crippen molar-refractivity contribution in [3.8, 4) is 0 Å². The summed E-state index contributed by atoms with van der Waals surface area (Å²) in [5, 5.41) is 19.3. The van der Waals surface area contributed by atoms with Crippen LogP contribution in [0.5, 0.6) is 0 Å². The van der Waals surface area contributed by atoms with E-state index in [2.05, 4.69) is 9.51 Å². The van der Waals surface area contributed by atoms with Crippen molar-refractivity contribution >= 4 is 13.6 Å². The number of rotatable bonds is 6. The molecule has 23 heavy (non-hydrogen) atoms. The summed E-state index contributed by atoms with van der Waals surface area (Å²) in [6, 6.07) is 1.36. The van der Waals surface area contributed by atoms with Crippen LogP contribution in [-0.4, -0.2) is 55.0 Å². The van der Waals surface area contributed by atoms with Gasteiger partial charge in [-0.2, -0.15) is 4.98 Å². The highest BCUT2D eigenvalue weighted by Gasteiger charge is 2.48. The summed E-state index contributed by atoms with van der Waals surface area (Å²) in [7, 11) is -4.73. The van der Waals surface area contributed by atoms with E-state index in [0.29, 0.717) is 0 Å². The Morgan fingerprint density at radius 3 is 2.83 bits per heavy atom. The maximum atomic E-state index is 12.0. The molecular formula is C11H18N3O8P. The normalized spacial score (nSPS) is 28.2. The largest absolute Gasteiger partial charge is 0.469 e. The molecule has 12 heteroatoms. The van der Waals surface area contributed by atoms with Crippen molar-refractivity contribution in [3.05, 3.63) is 22.7 Å². The van der Waals surface area contributed by atoms with Crippen molar-refractivity contribution < 1.29 is 33.8 Å². The van der Waals surface area contributed by atoms with Crippen molar-refractivity contribution in [2.45, 2.75) is 30.8 Å². The first-order valence-electron chi connectivity index (χ1n) is 6.69. The Hall–Kier alpha value is -1.33. The molecule has 0 radical (unpaired) electrons. The van der Waals surface area contributed by atoms with Crippen molar-refractivity contribution in [2.24, 2.45) is 0 Å². The lowest BCUT2D eigenvalue weighted by molar-refractivity contribution is -0.127. The monoisotopic (exact) mass is 351 g/mol. The van der Waals surface area contributed by atoms with Crippen LogP contribution in [-0.2, 0) is 19.6 Å². The van der Waals surface area contributed by atoms with Crippen LogP contribution in [0.25, 0.3) is 0 Å². The van der Waals surface area contributed by atoms with Gasteiger partial charge in [0.15, 0.2) is 5.72 Å². The lowest BCUT2D eigenvalue weighted by Crippen LogP contribution is -2.43. The fourth-order valence-electron chi connectivity index (χ4n) is 2.52. The van der Waals surface area contributed by atoms with Gasteiger partial charge in [0.05, 0.1) is 12.7 Å². The molecule has 1 aliphatic heterocycles. The molecule has 2 heterocycles. The Bertz CT molecular complexity index is 661. The molecule has 3 atom stereocenters. The maximum Gasteiger partial charge on any atom is 0.469 e. The van der Waals surface area contributed by atoms with Crippen LogP contribution in [0.15, 0.2) is 17.1 Å². The Morgan fingerprint density at radius 1 is 1.57 bits per heavy atom. The molecule has 1 fully saturated rings. The standard InChI is InChI=1S/C11H18N3O8P/c12-9-1-3-14(10(17)13-9)11(2-4-15)5-7(16)8(22-11)6-21-23(18,19)20/h1,3,7-8,15-16H,2,4-6H2,(H2,12,13,17)(H2,18,19,20)/t7-,8+,11+/m0/s1. The minimum Gasteiger partial charge on any atom is -0.396 e. The third-order valence-electron chi connectivity index (χ3n) is 3.50. The first kappa shape index (κ1) is 18.0. The van der Waals surface area contributed by atoms with Crippen molar-refractivity contribution in [2.75, 3.05) is 18.9 Å². The first-order valence-corrected chi connectivity index (χ1v) is 8.22. The second-order valence-electron chi connectivity index (χ2n) is 5.14. The number of nitrogens with zero attached hydrogens (tertiary/aromatic N) is 2. The van der Waals surface area contributed by atoms with E-state index in [4.69, 9.17) is 20.3 Å². The van der Waals surface area contributed by atoms with Gasteiger partial charge in [-0.05, 0) is 6.07 Å². The third-order valence-corrected chi connectivity index (χ3v) is 3.99. The van der Waals surface area contributed by atoms with Gasteiger partial charge in [0.1, 0.15) is 11.9 Å². The zero-order chi connectivity index (χ0) is 17.3. The first-order chi connectivity index (χ1) is 10.7. The topological polar surface area (TPSA) is 177 Å². The van der Waals surface area contributed by atoms with E-state index in [9.17, 15) is 19.6 Å². The van der Waals surface area contributed by atoms with E-state index in [1.807, 2.05) is 0 Å². The highest BCUT2D eigenvalue weighted by atomic mass is 31.2. The van der Waals surface area contributed by atoms with Gasteiger partial charge < -0.3 is 30.5 Å². The molecule has 0 unspecified atom stereocenters. The average Bonchev–Trinajstić information content (AvgIpc) is 2.73. The van der Waals surface area contributed by atoms with E-state index in [1.165, 1.54) is 12.3 Å². The fraction of sp³-hybridized carbons (Fsp3) is 0.636. The second kappa shape index (κ2) is 6.65. The van der Waals surface area contributed by atoms with Gasteiger partial charge in [-0.25, -0.2) is 9.36 Å². The van der Waals surface area contributed by atoms with Gasteiger partial charge in [0.2, 0.25) is 0 Å². The number of hydrogen-bond acceptors (Lipinski definition) is 8. The maximum absolute atomic E-state index is 12.0. The minimum atomic E-state index is -4.73. The summed E-state index contributed by atoms with van der Waals surface area (Å²) < 4.78 is 21.8. The number of nitrogen functional groups attached to an aromatic ring is 1. The van der Waals surface area contributed by atoms with Crippen LogP contribution in [0.1, 0.15) is 12.8 Å². The Labute approximate surface area is 130 Å². The van der Waals surface area contributed by atoms with Crippen LogP contribution in [0.4, 0.5) is 5.82 Å². The van der Waals surface area contributed by atoms with E-state index < -0.39 is 38.1 Å². The van der Waals surface area contributed by atoms with E-state index in [0.717, 1.165) is 4.57 Å². The molecule has 0 saturated carbocycles. The van der Waals surface area contributed by atoms with Gasteiger partial charge in [-0.1, -0.05) is 0 Å². The van der Waals surface area contributed by atoms with E-state index in [-0.39, 0.29) is 25.3 Å². The third kappa shape index (κ3) is 4.15. The highest BCUT2D eigenvalue weighted by molar-refractivity contribution is 7.46. The smallest absolute Gasteiger partial charge is 0.396 e. The molecule has 1 aromatic rings. The Balaban J connectivity index is 2.28. The zero-order valence-electron chi connectivity index (χ0n) is 12.0. The number of aliphatic hydroxyl groups is 2. The van der Waals surface area contributed by atoms with Crippen LogP contribution in [0.2, 0.25) is 0 Å². The molecule has 0 aliphatic carbocycles. The SMILES string of the molecule is Nc1ccn([C@@]2(CCO)C[C@H](O)[C@@H](COP(=O)(O)O)O2)c(=O)n1. The number of aromatic nitrogens is 2. The summed E-state index contributed by atoms with van der Waals surface area (Å²) in [6.45, 7) is -0.925. The molecule has 130 valence electrons. The van der Waals surface area contributed by atoms with Gasteiger partial charge in [-0.15, -0.1) is 0 Å². The second-order valence-corrected chi connectivity index (χ2v) is 6.38. The molecule has 1 aromatic heterocycles. The van der Waals surface area contributed by atoms with Gasteiger partial charge >= 0.3 is 13.5 Å². The van der Waals surface area contributed by atoms with Gasteiger partial charge in [0, 0.05) is 25.6 Å². The van der Waals surface area contributed by atoms with Crippen molar-refractivity contribution in [1.82, 2.24) is 9.55 Å². The number of aliphatic hydroxyl groups excluding tert-OH is 2. The molecule has 1 aliphatic rings. The predicted octanol–water partition coefficient (Wildman–Crippen LogP) is -1.88. The number of phosphoric acid groups is 1. The van der Waals surface area contributed by atoms with E-state index >= 15 is 0 Å². The summed E-state index contributed by atoms with van der Waals surface area (Å²) in [5.41, 5.74) is 3.28. The molecule has 11 nitrogen and oxygen atoms in total. The number of ether oxygens (including phenoxy) is 1. The predicted molar refractivity (Wildman–Crippen MR) is 76.1 cm³/mol. The van der Waals surface area contributed by atoms with Crippen LogP contribution < -0.4 is 11.4 Å². The molecule has 1 saturated heterocycles. The summed E-state index contributed by atoms with van der Waals surface area (Å²) in [6.07, 6.45) is -1.05. The molecule has 6 N–H and O–H groups in total. The summed E-state index contributed by atoms with van der Waals surface area (Å²) in [5.74, 6) is 0.00493. The van der Waals surface area contributed by atoms with E-state index in [1.54, 1.807) is 0 Å². The van der Waals surface area contributed by atoms with Gasteiger partial charge in [0.25, 0.3) is 0 Å². The summed E-state index contributed by atoms with van der Waals surface area (Å²) >= 11 is 0. The summed E-state index contributed by atoms with van der Waals surface area (Å²) in [4.78, 5) is 33.0. The molecule has 0 aromatic carbocycles. The number of phosphoric ester groups is 1. The quantitative estimate of drug-likeness (QED) is 0.364. The lowest BCUT2D eigenvalue weighted by atomic mass is 10.0. The van der Waals surface area contributed by atoms with Crippen LogP contribution >= 0.6 is 7.82 Å². The lowest BCUT2D eigenvalue weighted by Gasteiger charge is -2.30. The molecule has 2 rings (SSSR count). The zero-order valence-corrected chi connectivity index (χ0v) is 12.9. The van der Waals surface area contributed by atoms with Crippen LogP contribution in [0.3, 0.4) is 0 Å². The van der Waals surface area contributed by atoms with Crippen LogP contribution in [0, 0.1) is 0 Å². The molecule has 0 amide bonds. The number of nitrogens with two attached hydrogens (primary N) is 1.